The number of rotatable bonds is 4. The Morgan fingerprint density at radius 2 is 2.10 bits per heavy atom. The van der Waals surface area contributed by atoms with Crippen LogP contribution < -0.4 is 16.0 Å². The minimum absolute atomic E-state index is 0. The van der Waals surface area contributed by atoms with Gasteiger partial charge in [-0.25, -0.2) is 0 Å². The Kier molecular flexibility index (Phi) is 8.19. The second-order valence-electron chi connectivity index (χ2n) is 5.07. The van der Waals surface area contributed by atoms with Gasteiger partial charge in [-0.2, -0.15) is 0 Å². The van der Waals surface area contributed by atoms with E-state index in [1.807, 2.05) is 20.8 Å². The third-order valence-corrected chi connectivity index (χ3v) is 2.08. The van der Waals surface area contributed by atoms with Crippen LogP contribution in [-0.4, -0.2) is 36.2 Å². The van der Waals surface area contributed by atoms with Crippen LogP contribution in [0.25, 0.3) is 0 Å². The molecule has 8 heteroatoms. The maximum absolute atomic E-state index is 11.6. The molecule has 0 bridgehead atoms. The summed E-state index contributed by atoms with van der Waals surface area (Å²) in [6.07, 6.45) is 1.50. The third-order valence-electron chi connectivity index (χ3n) is 2.08. The number of carbonyl (C=O) groups is 1. The molecule has 0 spiro atoms. The predicted molar refractivity (Wildman–Crippen MR) is 88.0 cm³/mol. The molecule has 1 amide bonds. The Labute approximate surface area is 136 Å². The minimum Gasteiger partial charge on any atom is -0.364 e. The van der Waals surface area contributed by atoms with Crippen molar-refractivity contribution in [3.8, 4) is 0 Å². The first kappa shape index (κ1) is 18.7. The molecular weight excluding hydrogens is 373 g/mol. The van der Waals surface area contributed by atoms with Crippen molar-refractivity contribution in [1.29, 1.82) is 0 Å². The summed E-state index contributed by atoms with van der Waals surface area (Å²) >= 11 is 0. The molecule has 20 heavy (non-hydrogen) atoms. The van der Waals surface area contributed by atoms with Gasteiger partial charge in [0.1, 0.15) is 12.0 Å². The fourth-order valence-electron chi connectivity index (χ4n) is 1.35. The lowest BCUT2D eigenvalue weighted by molar-refractivity contribution is -0.121. The van der Waals surface area contributed by atoms with E-state index in [0.29, 0.717) is 12.5 Å². The van der Waals surface area contributed by atoms with Crippen LogP contribution in [-0.2, 0) is 11.3 Å². The Morgan fingerprint density at radius 3 is 2.60 bits per heavy atom. The molecule has 1 heterocycles. The molecule has 0 aromatic carbocycles. The molecule has 1 aromatic rings. The van der Waals surface area contributed by atoms with Crippen molar-refractivity contribution in [2.45, 2.75) is 32.9 Å². The van der Waals surface area contributed by atoms with Gasteiger partial charge in [-0.3, -0.25) is 9.79 Å². The van der Waals surface area contributed by atoms with E-state index in [2.05, 4.69) is 26.1 Å². The van der Waals surface area contributed by atoms with Crippen molar-refractivity contribution >= 4 is 35.8 Å². The third kappa shape index (κ3) is 7.97. The van der Waals surface area contributed by atoms with Crippen molar-refractivity contribution in [3.63, 3.8) is 0 Å². The van der Waals surface area contributed by atoms with Crippen LogP contribution in [0.15, 0.2) is 21.8 Å². The van der Waals surface area contributed by atoms with Crippen molar-refractivity contribution in [1.82, 2.24) is 21.1 Å². The molecule has 3 N–H and O–H groups in total. The topological polar surface area (TPSA) is 91.5 Å². The molecule has 1 aromatic heterocycles. The highest BCUT2D eigenvalue weighted by molar-refractivity contribution is 14.0. The molecular formula is C12H22IN5O2. The number of guanidine groups is 1. The summed E-state index contributed by atoms with van der Waals surface area (Å²) < 4.78 is 4.72. The van der Waals surface area contributed by atoms with Gasteiger partial charge in [0.25, 0.3) is 0 Å². The fraction of sp³-hybridized carbons (Fsp3) is 0.583. The second-order valence-corrected chi connectivity index (χ2v) is 5.07. The fourth-order valence-corrected chi connectivity index (χ4v) is 1.35. The molecule has 0 saturated heterocycles. The molecule has 0 atom stereocenters. The number of halogens is 1. The predicted octanol–water partition coefficient (Wildman–Crippen LogP) is 0.872. The lowest BCUT2D eigenvalue weighted by Crippen LogP contribution is -2.48. The largest absolute Gasteiger partial charge is 0.364 e. The van der Waals surface area contributed by atoms with Gasteiger partial charge in [0, 0.05) is 18.7 Å². The Hall–Kier alpha value is -1.32. The number of amides is 1. The summed E-state index contributed by atoms with van der Waals surface area (Å²) in [4.78, 5) is 15.6. The average molecular weight is 395 g/mol. The van der Waals surface area contributed by atoms with Gasteiger partial charge >= 0.3 is 0 Å². The molecule has 114 valence electrons. The van der Waals surface area contributed by atoms with Gasteiger partial charge in [-0.15, -0.1) is 24.0 Å². The maximum Gasteiger partial charge on any atom is 0.239 e. The Balaban J connectivity index is 0.00000361. The summed E-state index contributed by atoms with van der Waals surface area (Å²) in [5.41, 5.74) is 0.526. The summed E-state index contributed by atoms with van der Waals surface area (Å²) in [6, 6.07) is 1.76. The van der Waals surface area contributed by atoms with Crippen LogP contribution in [0.4, 0.5) is 0 Å². The maximum atomic E-state index is 11.6. The lowest BCUT2D eigenvalue weighted by atomic mass is 10.1. The highest BCUT2D eigenvalue weighted by Crippen LogP contribution is 1.97. The van der Waals surface area contributed by atoms with Gasteiger partial charge in [-0.1, -0.05) is 5.16 Å². The standard InChI is InChI=1S/C12H21N5O2.HI/c1-12(2,3)16-10(18)8-15-11(13-4)14-7-9-5-6-19-17-9;/h5-6H,7-8H2,1-4H3,(H,16,18)(H2,13,14,15);1H. The van der Waals surface area contributed by atoms with Crippen LogP contribution in [0.1, 0.15) is 26.5 Å². The van der Waals surface area contributed by atoms with E-state index in [0.717, 1.165) is 5.69 Å². The SMILES string of the molecule is CN=C(NCC(=O)NC(C)(C)C)NCc1ccon1.I. The zero-order valence-corrected chi connectivity index (χ0v) is 14.5. The molecule has 0 fully saturated rings. The quantitative estimate of drug-likeness (QED) is 0.400. The van der Waals surface area contributed by atoms with Gasteiger partial charge in [0.15, 0.2) is 5.96 Å². The number of aliphatic imine (C=N–C) groups is 1. The zero-order valence-electron chi connectivity index (χ0n) is 12.2. The number of nitrogens with one attached hydrogen (secondary N) is 3. The zero-order chi connectivity index (χ0) is 14.3. The van der Waals surface area contributed by atoms with Crippen LogP contribution in [0.2, 0.25) is 0 Å². The first-order chi connectivity index (χ1) is 8.90. The highest BCUT2D eigenvalue weighted by atomic mass is 127. The van der Waals surface area contributed by atoms with E-state index in [-0.39, 0.29) is 42.0 Å². The molecule has 0 saturated carbocycles. The van der Waals surface area contributed by atoms with Crippen molar-refractivity contribution < 1.29 is 9.32 Å². The van der Waals surface area contributed by atoms with Gasteiger partial charge in [-0.05, 0) is 20.8 Å². The summed E-state index contributed by atoms with van der Waals surface area (Å²) in [6.45, 7) is 6.44. The first-order valence-corrected chi connectivity index (χ1v) is 6.05. The molecule has 0 aliphatic carbocycles. The van der Waals surface area contributed by atoms with Crippen molar-refractivity contribution in [2.75, 3.05) is 13.6 Å². The molecule has 0 radical (unpaired) electrons. The second kappa shape index (κ2) is 8.77. The van der Waals surface area contributed by atoms with Crippen LogP contribution in [0.3, 0.4) is 0 Å². The lowest BCUT2D eigenvalue weighted by Gasteiger charge is -2.21. The van der Waals surface area contributed by atoms with E-state index in [4.69, 9.17) is 4.52 Å². The van der Waals surface area contributed by atoms with E-state index < -0.39 is 0 Å². The summed E-state index contributed by atoms with van der Waals surface area (Å²) in [5, 5.41) is 12.6. The van der Waals surface area contributed by atoms with Gasteiger partial charge in [0.05, 0.1) is 13.1 Å². The molecule has 0 unspecified atom stereocenters. The van der Waals surface area contributed by atoms with E-state index in [1.165, 1.54) is 6.26 Å². The highest BCUT2D eigenvalue weighted by Gasteiger charge is 2.13. The number of carbonyl (C=O) groups excluding carboxylic acids is 1. The first-order valence-electron chi connectivity index (χ1n) is 6.05. The van der Waals surface area contributed by atoms with Crippen LogP contribution >= 0.6 is 24.0 Å². The van der Waals surface area contributed by atoms with Crippen LogP contribution in [0.5, 0.6) is 0 Å². The number of aromatic nitrogens is 1. The molecule has 0 aliphatic heterocycles. The monoisotopic (exact) mass is 395 g/mol. The number of hydrogen-bond donors (Lipinski definition) is 3. The Morgan fingerprint density at radius 1 is 1.40 bits per heavy atom. The minimum atomic E-state index is -0.240. The van der Waals surface area contributed by atoms with E-state index in [9.17, 15) is 4.79 Å². The average Bonchev–Trinajstić information content (AvgIpc) is 2.80. The molecule has 7 nitrogen and oxygen atoms in total. The molecule has 1 rings (SSSR count). The van der Waals surface area contributed by atoms with E-state index >= 15 is 0 Å². The number of hydrogen-bond acceptors (Lipinski definition) is 4. The van der Waals surface area contributed by atoms with Crippen molar-refractivity contribution in [2.24, 2.45) is 4.99 Å². The molecule has 0 aliphatic rings. The van der Waals surface area contributed by atoms with Crippen LogP contribution in [0, 0.1) is 0 Å². The summed E-state index contributed by atoms with van der Waals surface area (Å²) in [5.74, 6) is 0.448. The summed E-state index contributed by atoms with van der Waals surface area (Å²) in [7, 11) is 1.64. The Bertz CT molecular complexity index is 426. The van der Waals surface area contributed by atoms with Crippen molar-refractivity contribution in [3.05, 3.63) is 18.0 Å². The van der Waals surface area contributed by atoms with E-state index in [1.54, 1.807) is 13.1 Å². The normalized spacial score (nSPS) is 11.5. The number of nitrogens with zero attached hydrogens (tertiary/aromatic N) is 2. The van der Waals surface area contributed by atoms with Gasteiger partial charge < -0.3 is 20.5 Å². The smallest absolute Gasteiger partial charge is 0.239 e. The van der Waals surface area contributed by atoms with Gasteiger partial charge in [0.2, 0.25) is 5.91 Å².